The summed E-state index contributed by atoms with van der Waals surface area (Å²) in [6, 6.07) is 22.6. The minimum atomic E-state index is -2.55. The normalized spacial score (nSPS) is 13.3. The second-order valence-corrected chi connectivity index (χ2v) is 28.0. The van der Waals surface area contributed by atoms with Crippen molar-refractivity contribution in [1.29, 1.82) is 0 Å². The molecular weight excluding hydrogens is 923 g/mol. The van der Waals surface area contributed by atoms with E-state index in [1.807, 2.05) is 11.8 Å². The Kier molecular flexibility index (Phi) is 39.4. The second-order valence-electron chi connectivity index (χ2n) is 22.5. The quantitative estimate of drug-likeness (QED) is 0.0372. The summed E-state index contributed by atoms with van der Waals surface area (Å²) in [5.41, 5.74) is 0. The van der Waals surface area contributed by atoms with Crippen LogP contribution in [-0.4, -0.2) is 75.6 Å². The zero-order valence-electron chi connectivity index (χ0n) is 48.3. The third-order valence-electron chi connectivity index (χ3n) is 15.1. The third kappa shape index (κ3) is 29.2. The molecule has 0 aliphatic rings. The van der Waals surface area contributed by atoms with Gasteiger partial charge in [0.25, 0.3) is 8.32 Å². The lowest BCUT2D eigenvalue weighted by atomic mass is 9.94. The maximum Gasteiger partial charge on any atom is 0.308 e. The Bertz CT molecular complexity index is 1520. The number of rotatable bonds is 48. The Balaban J connectivity index is 1.98. The topological polar surface area (TPSA) is 65.1 Å². The van der Waals surface area contributed by atoms with Crippen LogP contribution in [0.25, 0.3) is 0 Å². The summed E-state index contributed by atoms with van der Waals surface area (Å²) in [7, 11) is -0.195. The van der Waals surface area contributed by atoms with E-state index in [-0.39, 0.29) is 29.0 Å². The molecule has 0 aliphatic heterocycles. The van der Waals surface area contributed by atoms with Crippen LogP contribution in [0, 0.1) is 5.92 Å². The van der Waals surface area contributed by atoms with E-state index in [0.29, 0.717) is 19.1 Å². The summed E-state index contributed by atoms with van der Waals surface area (Å²) >= 11 is 1.99. The molecule has 3 atom stereocenters. The number of benzene rings is 2. The molecule has 0 aliphatic carbocycles. The Labute approximate surface area is 451 Å². The van der Waals surface area contributed by atoms with Gasteiger partial charge in [0.05, 0.1) is 12.5 Å². The van der Waals surface area contributed by atoms with Crippen LogP contribution in [0.1, 0.15) is 260 Å². The molecule has 0 heterocycles. The second kappa shape index (κ2) is 43.0. The van der Waals surface area contributed by atoms with Crippen molar-refractivity contribution in [3.63, 3.8) is 0 Å². The summed E-state index contributed by atoms with van der Waals surface area (Å²) in [5, 5.41) is 2.67. The molecule has 2 aromatic rings. The molecule has 8 heteroatoms. The fourth-order valence-electron chi connectivity index (χ4n) is 10.6. The first-order valence-corrected chi connectivity index (χ1v) is 33.5. The van der Waals surface area contributed by atoms with E-state index in [4.69, 9.17) is 13.9 Å². The van der Waals surface area contributed by atoms with Gasteiger partial charge in [-0.1, -0.05) is 244 Å². The van der Waals surface area contributed by atoms with Gasteiger partial charge in [0.2, 0.25) is 0 Å². The predicted octanol–water partition coefficient (Wildman–Crippen LogP) is 17.6. The lowest BCUT2D eigenvalue weighted by molar-refractivity contribution is -0.149. The van der Waals surface area contributed by atoms with Gasteiger partial charge in [-0.2, -0.15) is 11.8 Å². The lowest BCUT2D eigenvalue weighted by Gasteiger charge is -2.43. The number of nitrogens with zero attached hydrogens (tertiary/aromatic N) is 1. The number of hydrogen-bond donors (Lipinski definition) is 0. The zero-order valence-corrected chi connectivity index (χ0v) is 50.1. The first-order valence-electron chi connectivity index (χ1n) is 30.4. The SMILES string of the molecule is CCCCCCCCC(CCCCCC)C(=O)OCCCCCC(CCCCCSCC(CCCCCC)OC(=O)CCCCCCC)N(C)CCCCO[Si](c1ccccc1)(c1ccccc1)C(C)(C)C. The average Bonchev–Trinajstić information content (AvgIpc) is 3.37. The maximum atomic E-state index is 13.4. The standard InChI is InChI=1S/C64H113NO5SSi/c1-9-13-17-21-23-29-43-57(42-28-19-15-11-3)63(67)68-53-39-26-30-44-58(45-31-27-41-55-71-56-59(46-32-20-16-12-4)70-62(66)51-37-22-18-14-10-2)65(8)52-38-40-54-69-72(64(5,6)7,60-47-33-24-34-48-60)61-49-35-25-36-50-61/h24-25,33-36,47-50,57-59H,9-23,26-32,37-46,51-56H2,1-8H3. The van der Waals surface area contributed by atoms with Crippen LogP contribution < -0.4 is 10.4 Å². The van der Waals surface area contributed by atoms with Crippen LogP contribution in [0.15, 0.2) is 60.7 Å². The molecule has 0 amide bonds. The fourth-order valence-corrected chi connectivity index (χ4v) is 16.3. The van der Waals surface area contributed by atoms with E-state index >= 15 is 0 Å². The molecule has 2 rings (SSSR count). The Morgan fingerprint density at radius 2 is 1.00 bits per heavy atom. The van der Waals surface area contributed by atoms with Gasteiger partial charge >= 0.3 is 11.9 Å². The van der Waals surface area contributed by atoms with E-state index in [1.54, 1.807) is 0 Å². The summed E-state index contributed by atoms with van der Waals surface area (Å²) in [5.74, 6) is 2.20. The highest BCUT2D eigenvalue weighted by Crippen LogP contribution is 2.37. The number of thioether (sulfide) groups is 1. The van der Waals surface area contributed by atoms with Gasteiger partial charge in [-0.25, -0.2) is 0 Å². The highest BCUT2D eigenvalue weighted by atomic mass is 32.2. The first-order chi connectivity index (χ1) is 35.0. The van der Waals surface area contributed by atoms with E-state index in [0.717, 1.165) is 108 Å². The summed E-state index contributed by atoms with van der Waals surface area (Å²) in [6.07, 6.45) is 38.1. The first kappa shape index (κ1) is 66.0. The van der Waals surface area contributed by atoms with Crippen LogP contribution in [0.2, 0.25) is 5.04 Å². The van der Waals surface area contributed by atoms with Gasteiger partial charge in [-0.3, -0.25) is 9.59 Å². The molecule has 0 saturated carbocycles. The highest BCUT2D eigenvalue weighted by molar-refractivity contribution is 7.99. The van der Waals surface area contributed by atoms with E-state index in [2.05, 4.69) is 121 Å². The Morgan fingerprint density at radius 3 is 1.56 bits per heavy atom. The van der Waals surface area contributed by atoms with Crippen LogP contribution >= 0.6 is 11.8 Å². The largest absolute Gasteiger partial charge is 0.465 e. The van der Waals surface area contributed by atoms with Crippen molar-refractivity contribution in [2.75, 3.05) is 38.3 Å². The Hall–Kier alpha value is -2.13. The van der Waals surface area contributed by atoms with Crippen LogP contribution in [0.5, 0.6) is 0 Å². The molecule has 414 valence electrons. The van der Waals surface area contributed by atoms with Crippen molar-refractivity contribution in [1.82, 2.24) is 4.90 Å². The minimum absolute atomic E-state index is 0.0103. The molecule has 0 N–H and O–H groups in total. The summed E-state index contributed by atoms with van der Waals surface area (Å²) < 4.78 is 19.4. The average molecular weight is 1040 g/mol. The number of ether oxygens (including phenoxy) is 2. The van der Waals surface area contributed by atoms with Gasteiger partial charge in [-0.15, -0.1) is 0 Å². The molecule has 0 radical (unpaired) electrons. The van der Waals surface area contributed by atoms with E-state index in [1.165, 1.54) is 132 Å². The third-order valence-corrected chi connectivity index (χ3v) is 21.4. The summed E-state index contributed by atoms with van der Waals surface area (Å²) in [6.45, 7) is 18.5. The van der Waals surface area contributed by atoms with Crippen molar-refractivity contribution < 1.29 is 23.5 Å². The molecule has 0 bridgehead atoms. The van der Waals surface area contributed by atoms with Crippen molar-refractivity contribution in [3.05, 3.63) is 60.7 Å². The van der Waals surface area contributed by atoms with E-state index < -0.39 is 8.32 Å². The molecule has 0 saturated heterocycles. The zero-order chi connectivity index (χ0) is 52.4. The van der Waals surface area contributed by atoms with Crippen molar-refractivity contribution in [2.24, 2.45) is 5.92 Å². The fraction of sp³-hybridized carbons (Fsp3) is 0.781. The minimum Gasteiger partial charge on any atom is -0.465 e. The van der Waals surface area contributed by atoms with Gasteiger partial charge in [-0.05, 0) is 105 Å². The van der Waals surface area contributed by atoms with Gasteiger partial charge in [0, 0.05) is 24.8 Å². The molecule has 2 aromatic carbocycles. The van der Waals surface area contributed by atoms with Crippen LogP contribution in [0.4, 0.5) is 0 Å². The molecule has 0 spiro atoms. The number of carbonyl (C=O) groups excluding carboxylic acids is 2. The number of unbranched alkanes of at least 4 members (excludes halogenated alkanes) is 20. The highest BCUT2D eigenvalue weighted by Gasteiger charge is 2.50. The van der Waals surface area contributed by atoms with Gasteiger partial charge < -0.3 is 18.8 Å². The van der Waals surface area contributed by atoms with Crippen LogP contribution in [-0.2, 0) is 23.5 Å². The van der Waals surface area contributed by atoms with Crippen LogP contribution in [0.3, 0.4) is 0 Å². The molecule has 6 nitrogen and oxygen atoms in total. The summed E-state index contributed by atoms with van der Waals surface area (Å²) in [4.78, 5) is 28.8. The lowest BCUT2D eigenvalue weighted by Crippen LogP contribution is -2.66. The van der Waals surface area contributed by atoms with Gasteiger partial charge in [0.1, 0.15) is 6.10 Å². The number of esters is 2. The van der Waals surface area contributed by atoms with Crippen molar-refractivity contribution in [3.8, 4) is 0 Å². The van der Waals surface area contributed by atoms with Crippen molar-refractivity contribution in [2.45, 2.75) is 278 Å². The molecule has 0 fully saturated rings. The molecule has 3 unspecified atom stereocenters. The number of carbonyl (C=O) groups is 2. The molecular formula is C64H113NO5SSi. The number of hydrogen-bond acceptors (Lipinski definition) is 7. The van der Waals surface area contributed by atoms with Gasteiger partial charge in [0.15, 0.2) is 0 Å². The Morgan fingerprint density at radius 1 is 0.542 bits per heavy atom. The predicted molar refractivity (Wildman–Crippen MR) is 317 cm³/mol. The smallest absolute Gasteiger partial charge is 0.308 e. The molecule has 72 heavy (non-hydrogen) atoms. The van der Waals surface area contributed by atoms with E-state index in [9.17, 15) is 9.59 Å². The van der Waals surface area contributed by atoms with Crippen molar-refractivity contribution >= 4 is 42.4 Å². The molecule has 0 aromatic heterocycles. The maximum absolute atomic E-state index is 13.4. The monoisotopic (exact) mass is 1040 g/mol.